The maximum absolute atomic E-state index is 12.4. The van der Waals surface area contributed by atoms with Gasteiger partial charge in [-0.15, -0.1) is 0 Å². The number of rotatable bonds is 45. The maximum atomic E-state index is 12.4. The summed E-state index contributed by atoms with van der Waals surface area (Å²) in [7, 11) is 0. The molecule has 6 heteroatoms. The number of aliphatic hydroxyl groups excluding tert-OH is 4. The van der Waals surface area contributed by atoms with Crippen molar-refractivity contribution in [2.24, 2.45) is 0 Å². The van der Waals surface area contributed by atoms with E-state index < -0.39 is 18.2 Å². The first-order chi connectivity index (χ1) is 26.5. The zero-order chi connectivity index (χ0) is 39.4. The van der Waals surface area contributed by atoms with Crippen LogP contribution in [0, 0.1) is 0 Å². The molecule has 0 aliphatic rings. The smallest absolute Gasteiger partial charge is 0.220 e. The molecule has 0 aromatic rings. The summed E-state index contributed by atoms with van der Waals surface area (Å²) in [5.41, 5.74) is 0. The molecule has 0 aliphatic carbocycles. The van der Waals surface area contributed by atoms with Crippen molar-refractivity contribution < 1.29 is 25.2 Å². The van der Waals surface area contributed by atoms with Crippen molar-refractivity contribution in [1.29, 1.82) is 0 Å². The van der Waals surface area contributed by atoms with Crippen molar-refractivity contribution in [3.8, 4) is 0 Å². The molecular weight excluding hydrogens is 671 g/mol. The number of carbonyl (C=O) groups is 1. The van der Waals surface area contributed by atoms with E-state index in [4.69, 9.17) is 5.11 Å². The van der Waals surface area contributed by atoms with Gasteiger partial charge < -0.3 is 25.7 Å². The second-order valence-corrected chi connectivity index (χ2v) is 16.8. The molecule has 0 unspecified atom stereocenters. The van der Waals surface area contributed by atoms with Gasteiger partial charge >= 0.3 is 0 Å². The molecule has 0 rings (SSSR count). The van der Waals surface area contributed by atoms with Crippen molar-refractivity contribution in [3.63, 3.8) is 0 Å². The average Bonchev–Trinajstić information content (AvgIpc) is 3.17. The molecule has 0 fully saturated rings. The van der Waals surface area contributed by atoms with Gasteiger partial charge in [-0.25, -0.2) is 0 Å². The monoisotopic (exact) mass is 766 g/mol. The van der Waals surface area contributed by atoms with Gasteiger partial charge in [-0.2, -0.15) is 0 Å². The SMILES string of the molecule is CCCCCCCCCCCC[C@H](O)/C=C/[C@@H](O)[C@H](CO)NC(=O)CCCCCCCCCCCCCCCCCCCCCCCCCCCCCO. The summed E-state index contributed by atoms with van der Waals surface area (Å²) < 4.78 is 0. The van der Waals surface area contributed by atoms with Crippen molar-refractivity contribution in [2.45, 2.75) is 276 Å². The van der Waals surface area contributed by atoms with Crippen LogP contribution in [0.3, 0.4) is 0 Å². The summed E-state index contributed by atoms with van der Waals surface area (Å²) in [6, 6.07) is -0.743. The van der Waals surface area contributed by atoms with E-state index in [0.29, 0.717) is 19.4 Å². The van der Waals surface area contributed by atoms with Gasteiger partial charge in [0.05, 0.1) is 24.9 Å². The number of amides is 1. The maximum Gasteiger partial charge on any atom is 0.220 e. The highest BCUT2D eigenvalue weighted by Crippen LogP contribution is 2.17. The number of aliphatic hydroxyl groups is 4. The summed E-state index contributed by atoms with van der Waals surface area (Å²) in [5, 5.41) is 42.0. The lowest BCUT2D eigenvalue weighted by molar-refractivity contribution is -0.123. The van der Waals surface area contributed by atoms with E-state index in [2.05, 4.69) is 12.2 Å². The number of carbonyl (C=O) groups excluding carboxylic acids is 1. The van der Waals surface area contributed by atoms with E-state index >= 15 is 0 Å². The van der Waals surface area contributed by atoms with Gasteiger partial charge in [-0.3, -0.25) is 4.79 Å². The van der Waals surface area contributed by atoms with E-state index in [1.54, 1.807) is 6.08 Å². The van der Waals surface area contributed by atoms with E-state index in [1.165, 1.54) is 205 Å². The van der Waals surface area contributed by atoms with Gasteiger partial charge in [0.1, 0.15) is 0 Å². The van der Waals surface area contributed by atoms with Crippen molar-refractivity contribution in [1.82, 2.24) is 5.32 Å². The first kappa shape index (κ1) is 53.0. The summed E-state index contributed by atoms with van der Waals surface area (Å²) in [4.78, 5) is 12.4. The Labute approximate surface area is 336 Å². The lowest BCUT2D eigenvalue weighted by atomic mass is 10.0. The lowest BCUT2D eigenvalue weighted by Gasteiger charge is -2.20. The Bertz CT molecular complexity index is 761. The van der Waals surface area contributed by atoms with E-state index in [-0.39, 0.29) is 12.5 Å². The van der Waals surface area contributed by atoms with Gasteiger partial charge in [0.25, 0.3) is 0 Å². The topological polar surface area (TPSA) is 110 Å². The molecule has 6 nitrogen and oxygen atoms in total. The largest absolute Gasteiger partial charge is 0.396 e. The van der Waals surface area contributed by atoms with Crippen LogP contribution in [0.25, 0.3) is 0 Å². The first-order valence-electron chi connectivity index (χ1n) is 24.1. The molecule has 0 saturated carbocycles. The average molecular weight is 766 g/mol. The van der Waals surface area contributed by atoms with Crippen molar-refractivity contribution in [3.05, 3.63) is 12.2 Å². The molecule has 322 valence electrons. The van der Waals surface area contributed by atoms with Gasteiger partial charge in [0.15, 0.2) is 0 Å². The fourth-order valence-corrected chi connectivity index (χ4v) is 7.65. The van der Waals surface area contributed by atoms with Crippen LogP contribution in [0.1, 0.15) is 257 Å². The van der Waals surface area contributed by atoms with Gasteiger partial charge in [0, 0.05) is 13.0 Å². The lowest BCUT2D eigenvalue weighted by Crippen LogP contribution is -2.45. The highest BCUT2D eigenvalue weighted by molar-refractivity contribution is 5.76. The minimum atomic E-state index is -1.01. The normalized spacial score (nSPS) is 13.5. The van der Waals surface area contributed by atoms with Crippen LogP contribution in [-0.2, 0) is 4.79 Å². The Morgan fingerprint density at radius 2 is 0.759 bits per heavy atom. The second-order valence-electron chi connectivity index (χ2n) is 16.8. The standard InChI is InChI=1S/C48H95NO5/c1-2-3-4-5-6-7-27-30-33-36-39-45(52)41-42-47(53)46(44-51)49-48(54)40-37-34-31-28-25-23-21-19-17-15-13-11-9-8-10-12-14-16-18-20-22-24-26-29-32-35-38-43-50/h41-42,45-47,50-53H,2-40,43-44H2,1H3,(H,49,54)/b42-41+/t45-,46-,47+/m0/s1. The molecule has 0 saturated heterocycles. The van der Waals surface area contributed by atoms with Crippen molar-refractivity contribution in [2.75, 3.05) is 13.2 Å². The Morgan fingerprint density at radius 1 is 0.444 bits per heavy atom. The van der Waals surface area contributed by atoms with Crippen LogP contribution >= 0.6 is 0 Å². The minimum Gasteiger partial charge on any atom is -0.396 e. The molecule has 1 amide bonds. The minimum absolute atomic E-state index is 0.127. The summed E-state index contributed by atoms with van der Waals surface area (Å²) in [5.74, 6) is -0.127. The van der Waals surface area contributed by atoms with Crippen LogP contribution in [0.2, 0.25) is 0 Å². The number of unbranched alkanes of at least 4 members (excludes halogenated alkanes) is 35. The van der Waals surface area contributed by atoms with E-state index in [0.717, 1.165) is 38.5 Å². The van der Waals surface area contributed by atoms with Crippen LogP contribution in [0.15, 0.2) is 12.2 Å². The van der Waals surface area contributed by atoms with Crippen LogP contribution in [0.4, 0.5) is 0 Å². The molecule has 0 aliphatic heterocycles. The van der Waals surface area contributed by atoms with Gasteiger partial charge in [-0.1, -0.05) is 244 Å². The Kier molecular flexibility index (Phi) is 44.0. The molecule has 3 atom stereocenters. The second kappa shape index (κ2) is 44.8. The molecule has 0 aromatic carbocycles. The van der Waals surface area contributed by atoms with Gasteiger partial charge in [0.2, 0.25) is 5.91 Å². The Morgan fingerprint density at radius 3 is 1.09 bits per heavy atom. The molecule has 0 spiro atoms. The molecule has 0 bridgehead atoms. The third-order valence-electron chi connectivity index (χ3n) is 11.4. The quantitative estimate of drug-likeness (QED) is 0.0313. The zero-order valence-corrected chi connectivity index (χ0v) is 36.1. The predicted molar refractivity (Wildman–Crippen MR) is 233 cm³/mol. The van der Waals surface area contributed by atoms with E-state index in [1.807, 2.05) is 0 Å². The molecular formula is C48H95NO5. The number of hydrogen-bond donors (Lipinski definition) is 5. The highest BCUT2D eigenvalue weighted by Gasteiger charge is 2.18. The summed E-state index contributed by atoms with van der Waals surface area (Å²) >= 11 is 0. The van der Waals surface area contributed by atoms with Crippen molar-refractivity contribution >= 4 is 5.91 Å². The predicted octanol–water partition coefficient (Wildman–Crippen LogP) is 13.0. The third kappa shape index (κ3) is 40.7. The molecule has 0 heterocycles. The van der Waals surface area contributed by atoms with Gasteiger partial charge in [-0.05, 0) is 19.3 Å². The molecule has 5 N–H and O–H groups in total. The number of nitrogens with one attached hydrogen (secondary N) is 1. The van der Waals surface area contributed by atoms with Crippen LogP contribution in [-0.4, -0.2) is 57.8 Å². The van der Waals surface area contributed by atoms with Crippen LogP contribution < -0.4 is 5.32 Å². The van der Waals surface area contributed by atoms with E-state index in [9.17, 15) is 20.1 Å². The Balaban J connectivity index is 3.50. The summed E-state index contributed by atoms with van der Waals surface area (Å²) in [6.07, 6.45) is 50.8. The summed E-state index contributed by atoms with van der Waals surface area (Å²) in [6.45, 7) is 2.27. The Hall–Kier alpha value is -0.950. The highest BCUT2D eigenvalue weighted by atomic mass is 16.3. The molecule has 0 aromatic heterocycles. The molecule has 54 heavy (non-hydrogen) atoms. The first-order valence-corrected chi connectivity index (χ1v) is 24.1. The zero-order valence-electron chi connectivity index (χ0n) is 36.1. The number of hydrogen-bond acceptors (Lipinski definition) is 5. The third-order valence-corrected chi connectivity index (χ3v) is 11.4. The fourth-order valence-electron chi connectivity index (χ4n) is 7.65. The fraction of sp³-hybridized carbons (Fsp3) is 0.938. The molecule has 0 radical (unpaired) electrons. The van der Waals surface area contributed by atoms with Crippen LogP contribution in [0.5, 0.6) is 0 Å².